The minimum Gasteiger partial charge on any atom is -0.466 e. The van der Waals surface area contributed by atoms with Gasteiger partial charge in [-0.15, -0.1) is 0 Å². The van der Waals surface area contributed by atoms with Crippen LogP contribution in [0.3, 0.4) is 0 Å². The summed E-state index contributed by atoms with van der Waals surface area (Å²) in [5, 5.41) is 0. The molecule has 23 heavy (non-hydrogen) atoms. The van der Waals surface area contributed by atoms with Gasteiger partial charge in [0.15, 0.2) is 0 Å². The summed E-state index contributed by atoms with van der Waals surface area (Å²) in [5.74, 6) is 3.01. The van der Waals surface area contributed by atoms with Gasteiger partial charge in [0, 0.05) is 50.9 Å². The van der Waals surface area contributed by atoms with E-state index in [0.717, 1.165) is 23.8 Å². The van der Waals surface area contributed by atoms with Crippen LogP contribution in [0.2, 0.25) is 0 Å². The zero-order valence-electron chi connectivity index (χ0n) is 13.7. The maximum Gasteiger partial charge on any atom is 0.224 e. The summed E-state index contributed by atoms with van der Waals surface area (Å²) in [6.45, 7) is 5.88. The summed E-state index contributed by atoms with van der Waals surface area (Å²) in [7, 11) is 0. The Bertz CT molecular complexity index is 676. The van der Waals surface area contributed by atoms with Gasteiger partial charge in [0.05, 0.1) is 5.92 Å². The molecule has 2 aromatic rings. The molecule has 1 saturated heterocycles. The highest BCUT2D eigenvalue weighted by Gasteiger charge is 2.35. The lowest BCUT2D eigenvalue weighted by atomic mass is 10.0. The van der Waals surface area contributed by atoms with E-state index in [-0.39, 0.29) is 17.9 Å². The molecule has 3 heterocycles. The first kappa shape index (κ1) is 15.8. The molecule has 2 atom stereocenters. The molecule has 0 unspecified atom stereocenters. The van der Waals surface area contributed by atoms with Crippen LogP contribution >= 0.6 is 0 Å². The minimum atomic E-state index is -0.0658. The fraction of sp³-hybridized carbons (Fsp3) is 0.529. The van der Waals surface area contributed by atoms with Gasteiger partial charge in [0.1, 0.15) is 17.3 Å². The van der Waals surface area contributed by atoms with Crippen molar-refractivity contribution >= 4 is 5.91 Å². The zero-order chi connectivity index (χ0) is 16.4. The molecule has 0 aromatic carbocycles. The third kappa shape index (κ3) is 3.32. The molecular formula is C17H24N4O2. The Labute approximate surface area is 136 Å². The number of amides is 1. The van der Waals surface area contributed by atoms with Crippen molar-refractivity contribution in [1.82, 2.24) is 14.5 Å². The fourth-order valence-corrected chi connectivity index (χ4v) is 3.22. The third-order valence-electron chi connectivity index (χ3n) is 4.53. The maximum atomic E-state index is 12.5. The van der Waals surface area contributed by atoms with E-state index in [9.17, 15) is 4.79 Å². The summed E-state index contributed by atoms with van der Waals surface area (Å²) in [6.07, 6.45) is 5.05. The van der Waals surface area contributed by atoms with Crippen molar-refractivity contribution in [1.29, 1.82) is 0 Å². The average molecular weight is 316 g/mol. The molecular weight excluding hydrogens is 292 g/mol. The van der Waals surface area contributed by atoms with Crippen LogP contribution in [0.5, 0.6) is 0 Å². The van der Waals surface area contributed by atoms with Gasteiger partial charge in [-0.25, -0.2) is 4.98 Å². The van der Waals surface area contributed by atoms with Gasteiger partial charge in [-0.3, -0.25) is 4.79 Å². The second-order valence-electron chi connectivity index (χ2n) is 6.16. The van der Waals surface area contributed by atoms with Crippen LogP contribution in [0.15, 0.2) is 28.9 Å². The monoisotopic (exact) mass is 316 g/mol. The van der Waals surface area contributed by atoms with Crippen molar-refractivity contribution in [2.24, 2.45) is 5.73 Å². The predicted octanol–water partition coefficient (Wildman–Crippen LogP) is 1.69. The van der Waals surface area contributed by atoms with E-state index in [1.165, 1.54) is 0 Å². The highest BCUT2D eigenvalue weighted by atomic mass is 16.3. The number of carbonyl (C=O) groups is 1. The molecule has 0 spiro atoms. The molecule has 1 amide bonds. The minimum absolute atomic E-state index is 0.0658. The van der Waals surface area contributed by atoms with Gasteiger partial charge in [-0.2, -0.15) is 0 Å². The molecule has 1 fully saturated rings. The predicted molar refractivity (Wildman–Crippen MR) is 87.0 cm³/mol. The Morgan fingerprint density at radius 1 is 1.43 bits per heavy atom. The average Bonchev–Trinajstić information content (AvgIpc) is 3.24. The van der Waals surface area contributed by atoms with Crippen molar-refractivity contribution in [3.63, 3.8) is 0 Å². The summed E-state index contributed by atoms with van der Waals surface area (Å²) in [4.78, 5) is 18.6. The Hall–Kier alpha value is -2.08. The lowest BCUT2D eigenvalue weighted by Crippen LogP contribution is -2.32. The van der Waals surface area contributed by atoms with Crippen molar-refractivity contribution in [2.75, 3.05) is 13.1 Å². The lowest BCUT2D eigenvalue weighted by Gasteiger charge is -2.16. The maximum absolute atomic E-state index is 12.5. The number of likely N-dealkylation sites (tertiary alicyclic amines) is 1. The highest BCUT2D eigenvalue weighted by molar-refractivity contribution is 5.76. The van der Waals surface area contributed by atoms with Gasteiger partial charge in [0.25, 0.3) is 0 Å². The SMILES string of the molecule is CCc1nccn1CCC(=O)N1C[C@H](c2ccc(C)o2)[C@@H](N)C1. The molecule has 0 bridgehead atoms. The van der Waals surface area contributed by atoms with Crippen LogP contribution in [-0.4, -0.2) is 39.5 Å². The van der Waals surface area contributed by atoms with Crippen LogP contribution in [0.1, 0.15) is 36.6 Å². The van der Waals surface area contributed by atoms with Crippen molar-refractivity contribution in [3.05, 3.63) is 41.9 Å². The van der Waals surface area contributed by atoms with E-state index in [1.54, 1.807) is 6.20 Å². The normalized spacial score (nSPS) is 21.1. The molecule has 1 aliphatic heterocycles. The van der Waals surface area contributed by atoms with Crippen LogP contribution in [0.25, 0.3) is 0 Å². The van der Waals surface area contributed by atoms with Gasteiger partial charge in [-0.1, -0.05) is 6.92 Å². The molecule has 2 N–H and O–H groups in total. The Morgan fingerprint density at radius 3 is 2.96 bits per heavy atom. The molecule has 0 radical (unpaired) electrons. The van der Waals surface area contributed by atoms with E-state index in [2.05, 4.69) is 11.9 Å². The summed E-state index contributed by atoms with van der Waals surface area (Å²) in [6, 6.07) is 3.84. The number of imidazole rings is 1. The molecule has 6 heteroatoms. The number of furan rings is 1. The van der Waals surface area contributed by atoms with E-state index < -0.39 is 0 Å². The fourth-order valence-electron chi connectivity index (χ4n) is 3.22. The topological polar surface area (TPSA) is 77.3 Å². The van der Waals surface area contributed by atoms with Crippen molar-refractivity contribution in [3.8, 4) is 0 Å². The number of aromatic nitrogens is 2. The Kier molecular flexibility index (Phi) is 4.52. The van der Waals surface area contributed by atoms with E-state index in [1.807, 2.05) is 34.7 Å². The van der Waals surface area contributed by atoms with Gasteiger partial charge >= 0.3 is 0 Å². The van der Waals surface area contributed by atoms with Crippen LogP contribution < -0.4 is 5.73 Å². The molecule has 1 aliphatic rings. The van der Waals surface area contributed by atoms with Crippen LogP contribution in [-0.2, 0) is 17.8 Å². The largest absolute Gasteiger partial charge is 0.466 e. The summed E-state index contributed by atoms with van der Waals surface area (Å²) < 4.78 is 7.73. The van der Waals surface area contributed by atoms with Crippen LogP contribution in [0, 0.1) is 6.92 Å². The standard InChI is InChI=1S/C17H24N4O2/c1-3-16-19-7-9-20(16)8-6-17(22)21-10-13(14(18)11-21)15-5-4-12(2)23-15/h4-5,7,9,13-14H,3,6,8,10-11,18H2,1-2H3/t13-,14-/m0/s1. The highest BCUT2D eigenvalue weighted by Crippen LogP contribution is 2.28. The lowest BCUT2D eigenvalue weighted by molar-refractivity contribution is -0.130. The van der Waals surface area contributed by atoms with Crippen molar-refractivity contribution < 1.29 is 9.21 Å². The molecule has 3 rings (SSSR count). The van der Waals surface area contributed by atoms with Gasteiger partial charge in [0.2, 0.25) is 5.91 Å². The second kappa shape index (κ2) is 6.58. The summed E-state index contributed by atoms with van der Waals surface area (Å²) in [5.41, 5.74) is 6.22. The first-order valence-corrected chi connectivity index (χ1v) is 8.18. The molecule has 2 aromatic heterocycles. The third-order valence-corrected chi connectivity index (χ3v) is 4.53. The first-order chi connectivity index (χ1) is 11.1. The van der Waals surface area contributed by atoms with E-state index in [0.29, 0.717) is 26.1 Å². The quantitative estimate of drug-likeness (QED) is 0.910. The number of nitrogens with two attached hydrogens (primary N) is 1. The number of hydrogen-bond acceptors (Lipinski definition) is 4. The first-order valence-electron chi connectivity index (χ1n) is 8.18. The smallest absolute Gasteiger partial charge is 0.224 e. The van der Waals surface area contributed by atoms with Crippen molar-refractivity contribution in [2.45, 2.75) is 45.2 Å². The molecule has 0 aliphatic carbocycles. The Balaban J connectivity index is 1.58. The second-order valence-corrected chi connectivity index (χ2v) is 6.16. The molecule has 0 saturated carbocycles. The molecule has 6 nitrogen and oxygen atoms in total. The number of hydrogen-bond donors (Lipinski definition) is 1. The number of carbonyl (C=O) groups excluding carboxylic acids is 1. The van der Waals surface area contributed by atoms with Crippen LogP contribution in [0.4, 0.5) is 0 Å². The number of aryl methyl sites for hydroxylation is 3. The van der Waals surface area contributed by atoms with Gasteiger partial charge in [-0.05, 0) is 19.1 Å². The zero-order valence-corrected chi connectivity index (χ0v) is 13.7. The Morgan fingerprint density at radius 2 is 2.26 bits per heavy atom. The number of rotatable bonds is 5. The van der Waals surface area contributed by atoms with E-state index in [4.69, 9.17) is 10.2 Å². The van der Waals surface area contributed by atoms with E-state index >= 15 is 0 Å². The van der Waals surface area contributed by atoms with Gasteiger partial charge < -0.3 is 19.6 Å². The number of nitrogens with zero attached hydrogens (tertiary/aromatic N) is 3. The summed E-state index contributed by atoms with van der Waals surface area (Å²) >= 11 is 0. The molecule has 124 valence electrons.